The molecule has 0 saturated heterocycles. The van der Waals surface area contributed by atoms with Crippen LogP contribution >= 0.6 is 0 Å². The number of rotatable bonds is 5. The molecule has 4 nitrogen and oxygen atoms in total. The van der Waals surface area contributed by atoms with E-state index in [1.807, 2.05) is 72.8 Å². The van der Waals surface area contributed by atoms with Crippen molar-refractivity contribution in [3.05, 3.63) is 182 Å². The third-order valence-electron chi connectivity index (χ3n) is 9.97. The lowest BCUT2D eigenvalue weighted by Gasteiger charge is -2.18. The summed E-state index contributed by atoms with van der Waals surface area (Å²) in [5.41, 5.74) is 7.32. The fourth-order valence-electron chi connectivity index (χ4n) is 7.49. The van der Waals surface area contributed by atoms with Gasteiger partial charge in [-0.3, -0.25) is 0 Å². The average molecular weight is 681 g/mol. The Morgan fingerprint density at radius 3 is 1.30 bits per heavy atom. The van der Waals surface area contributed by atoms with E-state index in [0.29, 0.717) is 17.5 Å². The maximum atomic E-state index is 14.3. The number of halogens is 1. The zero-order valence-electron chi connectivity index (χ0n) is 28.4. The summed E-state index contributed by atoms with van der Waals surface area (Å²) in [6.45, 7) is 0. The molecule has 0 N–H and O–H groups in total. The first kappa shape index (κ1) is 30.7. The van der Waals surface area contributed by atoms with E-state index < -0.39 is 0 Å². The molecule has 0 radical (unpaired) electrons. The predicted octanol–water partition coefficient (Wildman–Crippen LogP) is 12.4. The van der Waals surface area contributed by atoms with Crippen LogP contribution in [0.15, 0.2) is 176 Å². The largest absolute Gasteiger partial charge is 0.246 e. The quantitative estimate of drug-likeness (QED) is 0.170. The predicted molar refractivity (Wildman–Crippen MR) is 215 cm³/mol. The molecule has 2 heterocycles. The van der Waals surface area contributed by atoms with Crippen LogP contribution < -0.4 is 0 Å². The fraction of sp³-hybridized carbons (Fsp3) is 0. The molecule has 2 aromatic heterocycles. The Kier molecular flexibility index (Phi) is 7.29. The Hall–Kier alpha value is -7.11. The summed E-state index contributed by atoms with van der Waals surface area (Å²) in [4.78, 5) is 20.2. The lowest BCUT2D eigenvalue weighted by molar-refractivity contribution is 0.628. The molecule has 10 rings (SSSR count). The third kappa shape index (κ3) is 5.29. The van der Waals surface area contributed by atoms with Gasteiger partial charge in [0.25, 0.3) is 0 Å². The second-order valence-corrected chi connectivity index (χ2v) is 13.1. The molecule has 8 aromatic carbocycles. The Morgan fingerprint density at radius 2 is 0.736 bits per heavy atom. The van der Waals surface area contributed by atoms with E-state index in [4.69, 9.17) is 19.9 Å². The summed E-state index contributed by atoms with van der Waals surface area (Å²) in [5.74, 6) is 1.57. The number of fused-ring (bicyclic) bond motifs is 8. The number of pyridine rings is 1. The Morgan fingerprint density at radius 1 is 0.302 bits per heavy atom. The van der Waals surface area contributed by atoms with Gasteiger partial charge in [-0.05, 0) is 51.4 Å². The molecule has 0 saturated carbocycles. The van der Waals surface area contributed by atoms with Gasteiger partial charge in [0.1, 0.15) is 5.82 Å². The summed E-state index contributed by atoms with van der Waals surface area (Å²) in [6, 6.07) is 58.5. The molecule has 0 amide bonds. The van der Waals surface area contributed by atoms with Gasteiger partial charge < -0.3 is 0 Å². The van der Waals surface area contributed by atoms with Crippen LogP contribution in [0.25, 0.3) is 99.8 Å². The van der Waals surface area contributed by atoms with Crippen molar-refractivity contribution in [3.8, 4) is 56.5 Å². The molecule has 0 atom stereocenters. The zero-order valence-corrected chi connectivity index (χ0v) is 28.4. The Labute approximate surface area is 304 Å². The van der Waals surface area contributed by atoms with Crippen LogP contribution in [0, 0.1) is 5.82 Å². The molecule has 248 valence electrons. The van der Waals surface area contributed by atoms with Crippen LogP contribution in [-0.4, -0.2) is 19.9 Å². The lowest BCUT2D eigenvalue weighted by atomic mass is 9.89. The maximum absolute atomic E-state index is 14.3. The molecule has 53 heavy (non-hydrogen) atoms. The molecular weight excluding hydrogens is 652 g/mol. The first-order valence-corrected chi connectivity index (χ1v) is 17.6. The van der Waals surface area contributed by atoms with Crippen molar-refractivity contribution in [1.29, 1.82) is 0 Å². The number of para-hydroxylation sites is 1. The molecule has 0 bridgehead atoms. The Balaban J connectivity index is 1.19. The highest BCUT2D eigenvalue weighted by molar-refractivity contribution is 6.34. The van der Waals surface area contributed by atoms with E-state index in [1.54, 1.807) is 0 Å². The first-order chi connectivity index (χ1) is 26.2. The second kappa shape index (κ2) is 12.6. The van der Waals surface area contributed by atoms with Crippen molar-refractivity contribution in [2.45, 2.75) is 0 Å². The normalized spacial score (nSPS) is 11.5. The van der Waals surface area contributed by atoms with Crippen LogP contribution in [0.1, 0.15) is 0 Å². The minimum atomic E-state index is -0.278. The number of hydrogen-bond acceptors (Lipinski definition) is 4. The average Bonchev–Trinajstić information content (AvgIpc) is 3.24. The molecule has 0 aliphatic carbocycles. The minimum absolute atomic E-state index is 0.278. The van der Waals surface area contributed by atoms with Gasteiger partial charge in [0.05, 0.1) is 11.2 Å². The highest BCUT2D eigenvalue weighted by Crippen LogP contribution is 2.44. The molecule has 0 fully saturated rings. The van der Waals surface area contributed by atoms with E-state index in [9.17, 15) is 4.39 Å². The molecule has 0 aliphatic rings. The Bertz CT molecular complexity index is 2920. The van der Waals surface area contributed by atoms with Gasteiger partial charge in [-0.15, -0.1) is 0 Å². The summed E-state index contributed by atoms with van der Waals surface area (Å²) in [5, 5.41) is 7.88. The van der Waals surface area contributed by atoms with Gasteiger partial charge in [0, 0.05) is 44.0 Å². The molecule has 0 unspecified atom stereocenters. The van der Waals surface area contributed by atoms with Crippen LogP contribution in [0.3, 0.4) is 0 Å². The van der Waals surface area contributed by atoms with Crippen LogP contribution in [0.4, 0.5) is 4.39 Å². The maximum Gasteiger partial charge on any atom is 0.164 e. The molecule has 10 aromatic rings. The fourth-order valence-corrected chi connectivity index (χ4v) is 7.49. The van der Waals surface area contributed by atoms with Crippen molar-refractivity contribution in [1.82, 2.24) is 19.9 Å². The van der Waals surface area contributed by atoms with Crippen molar-refractivity contribution >= 4 is 43.2 Å². The second-order valence-electron chi connectivity index (χ2n) is 13.1. The summed E-state index contributed by atoms with van der Waals surface area (Å²) in [6.07, 6.45) is 0. The standard InChI is InChI=1S/C48H29FN4/c49-35-28-26-31(27-29-35)44-43-40-19-10-8-17-38(40)37-16-7-9-18-39(37)42(43)41-21-11-20-36(45(41)50-44)30-22-24-34(25-23-30)48-52-46(32-12-3-1-4-13-32)51-47(53-48)33-14-5-2-6-15-33/h1-29H. The highest BCUT2D eigenvalue weighted by atomic mass is 19.1. The SMILES string of the molecule is Fc1ccc(-c2nc3c(-c4ccc(-c5nc(-c6ccccc6)nc(-c6ccccc6)n5)cc4)cccc3c3c4ccccc4c4ccccc4c23)cc1. The van der Waals surface area contributed by atoms with Crippen molar-refractivity contribution < 1.29 is 4.39 Å². The van der Waals surface area contributed by atoms with Gasteiger partial charge in [-0.1, -0.05) is 152 Å². The van der Waals surface area contributed by atoms with Crippen LogP contribution in [0.2, 0.25) is 0 Å². The van der Waals surface area contributed by atoms with Crippen LogP contribution in [0.5, 0.6) is 0 Å². The minimum Gasteiger partial charge on any atom is -0.246 e. The smallest absolute Gasteiger partial charge is 0.164 e. The molecular formula is C48H29FN4. The monoisotopic (exact) mass is 680 g/mol. The van der Waals surface area contributed by atoms with Crippen LogP contribution in [-0.2, 0) is 0 Å². The topological polar surface area (TPSA) is 51.6 Å². The first-order valence-electron chi connectivity index (χ1n) is 17.6. The van der Waals surface area contributed by atoms with Gasteiger partial charge in [-0.25, -0.2) is 24.3 Å². The third-order valence-corrected chi connectivity index (χ3v) is 9.97. The van der Waals surface area contributed by atoms with Gasteiger partial charge in [0.15, 0.2) is 17.5 Å². The van der Waals surface area contributed by atoms with E-state index >= 15 is 0 Å². The highest BCUT2D eigenvalue weighted by Gasteiger charge is 2.20. The zero-order chi connectivity index (χ0) is 35.3. The number of hydrogen-bond donors (Lipinski definition) is 0. The number of nitrogens with zero attached hydrogens (tertiary/aromatic N) is 4. The van der Waals surface area contributed by atoms with E-state index in [2.05, 4.69) is 91.0 Å². The molecule has 5 heteroatoms. The summed E-state index contributed by atoms with van der Waals surface area (Å²) >= 11 is 0. The van der Waals surface area contributed by atoms with Gasteiger partial charge in [0.2, 0.25) is 0 Å². The van der Waals surface area contributed by atoms with E-state index in [0.717, 1.165) is 76.9 Å². The summed E-state index contributed by atoms with van der Waals surface area (Å²) < 4.78 is 14.3. The van der Waals surface area contributed by atoms with Gasteiger partial charge in [-0.2, -0.15) is 0 Å². The van der Waals surface area contributed by atoms with E-state index in [1.165, 1.54) is 17.5 Å². The lowest BCUT2D eigenvalue weighted by Crippen LogP contribution is -2.00. The molecule has 0 aliphatic heterocycles. The summed E-state index contributed by atoms with van der Waals surface area (Å²) in [7, 11) is 0. The molecule has 0 spiro atoms. The van der Waals surface area contributed by atoms with Crippen molar-refractivity contribution in [3.63, 3.8) is 0 Å². The van der Waals surface area contributed by atoms with Crippen molar-refractivity contribution in [2.75, 3.05) is 0 Å². The number of benzene rings is 8. The van der Waals surface area contributed by atoms with Crippen molar-refractivity contribution in [2.24, 2.45) is 0 Å². The number of aromatic nitrogens is 4. The van der Waals surface area contributed by atoms with Gasteiger partial charge >= 0.3 is 0 Å². The van der Waals surface area contributed by atoms with E-state index in [-0.39, 0.29) is 5.82 Å².